The number of nitrogens with zero attached hydrogens (tertiary/aromatic N) is 2. The second kappa shape index (κ2) is 7.08. The zero-order valence-corrected chi connectivity index (χ0v) is 13.9. The minimum Gasteiger partial charge on any atom is -0.351 e. The molecule has 0 fully saturated rings. The molecule has 0 aliphatic heterocycles. The lowest BCUT2D eigenvalue weighted by Crippen LogP contribution is -2.38. The summed E-state index contributed by atoms with van der Waals surface area (Å²) >= 11 is 3.56. The third kappa shape index (κ3) is 3.81. The monoisotopic (exact) mass is 329 g/mol. The first-order chi connectivity index (χ1) is 9.01. The van der Waals surface area contributed by atoms with Gasteiger partial charge in [0.15, 0.2) is 0 Å². The van der Waals surface area contributed by atoms with Crippen LogP contribution >= 0.6 is 15.9 Å². The number of amides is 1. The molecule has 0 atom stereocenters. The highest BCUT2D eigenvalue weighted by molar-refractivity contribution is 9.09. The van der Waals surface area contributed by atoms with Gasteiger partial charge >= 0.3 is 0 Å². The maximum Gasteiger partial charge on any atom is 0.254 e. The van der Waals surface area contributed by atoms with Crippen molar-refractivity contribution >= 4 is 21.8 Å². The van der Waals surface area contributed by atoms with Crippen LogP contribution in [0.25, 0.3) is 0 Å². The van der Waals surface area contributed by atoms with Crippen molar-refractivity contribution in [3.8, 4) is 0 Å². The van der Waals surface area contributed by atoms with Crippen LogP contribution in [0.1, 0.15) is 49.7 Å². The van der Waals surface area contributed by atoms with E-state index in [0.717, 1.165) is 30.3 Å². The first kappa shape index (κ1) is 16.2. The zero-order chi connectivity index (χ0) is 14.5. The molecule has 1 aromatic heterocycles. The van der Waals surface area contributed by atoms with Crippen LogP contribution in [0.4, 0.5) is 0 Å². The predicted molar refractivity (Wildman–Crippen MR) is 81.7 cm³/mol. The van der Waals surface area contributed by atoms with Crippen molar-refractivity contribution in [1.29, 1.82) is 0 Å². The van der Waals surface area contributed by atoms with Gasteiger partial charge in [-0.05, 0) is 24.7 Å². The Bertz CT molecular complexity index is 416. The first-order valence-electron chi connectivity index (χ1n) is 6.88. The zero-order valence-electron chi connectivity index (χ0n) is 12.3. The summed E-state index contributed by atoms with van der Waals surface area (Å²) in [6.45, 7) is 7.04. The topological polar surface area (TPSA) is 46.9 Å². The van der Waals surface area contributed by atoms with E-state index in [1.807, 2.05) is 14.0 Å². The van der Waals surface area contributed by atoms with Crippen molar-refractivity contribution in [2.45, 2.75) is 40.0 Å². The van der Waals surface area contributed by atoms with Crippen LogP contribution in [0.5, 0.6) is 0 Å². The summed E-state index contributed by atoms with van der Waals surface area (Å²) in [6, 6.07) is 0. The maximum absolute atomic E-state index is 12.3. The molecular weight excluding hydrogens is 306 g/mol. The molecule has 0 bridgehead atoms. The number of carbonyl (C=O) groups excluding carboxylic acids is 1. The van der Waals surface area contributed by atoms with Crippen molar-refractivity contribution in [3.63, 3.8) is 0 Å². The van der Waals surface area contributed by atoms with Crippen molar-refractivity contribution in [3.05, 3.63) is 17.5 Å². The molecule has 4 nitrogen and oxygen atoms in total. The quantitative estimate of drug-likeness (QED) is 0.782. The Morgan fingerprint density at radius 3 is 2.53 bits per heavy atom. The fourth-order valence-electron chi connectivity index (χ4n) is 2.08. The molecule has 0 spiro atoms. The molecule has 0 unspecified atom stereocenters. The molecule has 19 heavy (non-hydrogen) atoms. The molecule has 1 heterocycles. The van der Waals surface area contributed by atoms with Crippen molar-refractivity contribution in [2.75, 3.05) is 11.9 Å². The molecule has 1 aromatic rings. The average Bonchev–Trinajstić information content (AvgIpc) is 2.82. The van der Waals surface area contributed by atoms with E-state index in [1.54, 1.807) is 10.9 Å². The number of hydrogen-bond acceptors (Lipinski definition) is 2. The molecule has 0 aliphatic rings. The lowest BCUT2D eigenvalue weighted by molar-refractivity contribution is 0.0931. The summed E-state index contributed by atoms with van der Waals surface area (Å²) in [5.74, 6) is -0.0165. The maximum atomic E-state index is 12.3. The largest absolute Gasteiger partial charge is 0.351 e. The Morgan fingerprint density at radius 1 is 1.42 bits per heavy atom. The molecule has 0 saturated carbocycles. The van der Waals surface area contributed by atoms with Gasteiger partial charge in [-0.25, -0.2) is 0 Å². The van der Waals surface area contributed by atoms with Gasteiger partial charge in [0.05, 0.1) is 11.3 Å². The molecule has 0 saturated heterocycles. The smallest absolute Gasteiger partial charge is 0.254 e. The van der Waals surface area contributed by atoms with Gasteiger partial charge in [0.25, 0.3) is 5.91 Å². The number of rotatable bonds is 7. The van der Waals surface area contributed by atoms with E-state index in [1.165, 1.54) is 0 Å². The molecule has 1 rings (SSSR count). The number of nitrogens with one attached hydrogen (secondary N) is 1. The van der Waals surface area contributed by atoms with Gasteiger partial charge in [0, 0.05) is 25.1 Å². The van der Waals surface area contributed by atoms with Crippen LogP contribution in [0.2, 0.25) is 0 Å². The van der Waals surface area contributed by atoms with Gasteiger partial charge in [0.1, 0.15) is 0 Å². The molecule has 0 radical (unpaired) electrons. The Kier molecular flexibility index (Phi) is 6.04. The van der Waals surface area contributed by atoms with Gasteiger partial charge in [-0.15, -0.1) is 0 Å². The van der Waals surface area contributed by atoms with Crippen LogP contribution in [0.15, 0.2) is 6.20 Å². The molecule has 1 amide bonds. The summed E-state index contributed by atoms with van der Waals surface area (Å²) in [5, 5.41) is 8.26. The van der Waals surface area contributed by atoms with Crippen molar-refractivity contribution in [1.82, 2.24) is 15.1 Å². The number of halogens is 1. The second-order valence-electron chi connectivity index (χ2n) is 5.04. The van der Waals surface area contributed by atoms with E-state index in [9.17, 15) is 4.79 Å². The van der Waals surface area contributed by atoms with E-state index < -0.39 is 0 Å². The molecule has 0 aromatic carbocycles. The highest BCUT2D eigenvalue weighted by Crippen LogP contribution is 2.27. The van der Waals surface area contributed by atoms with E-state index in [-0.39, 0.29) is 11.3 Å². The third-order valence-electron chi connectivity index (χ3n) is 3.89. The molecular formula is C14H24BrN3O. The molecule has 1 N–H and O–H groups in total. The second-order valence-corrected chi connectivity index (χ2v) is 5.60. The molecule has 5 heteroatoms. The minimum atomic E-state index is -0.0165. The minimum absolute atomic E-state index is 0.0165. The lowest BCUT2D eigenvalue weighted by Gasteiger charge is -2.29. The lowest BCUT2D eigenvalue weighted by atomic mass is 9.84. The number of carbonyl (C=O) groups is 1. The summed E-state index contributed by atoms with van der Waals surface area (Å²) in [4.78, 5) is 12.3. The van der Waals surface area contributed by atoms with Crippen LogP contribution in [0, 0.1) is 5.41 Å². The number of aromatic nitrogens is 2. The highest BCUT2D eigenvalue weighted by atomic mass is 79.9. The van der Waals surface area contributed by atoms with Gasteiger partial charge in [0.2, 0.25) is 0 Å². The Hall–Kier alpha value is -0.840. The Balaban J connectivity index is 2.74. The SMILES string of the molecule is CCc1nn(C)cc1C(=O)NCC(CC)(CC)CBr. The summed E-state index contributed by atoms with van der Waals surface area (Å²) in [6.07, 6.45) is 4.65. The number of hydrogen-bond donors (Lipinski definition) is 1. The molecule has 108 valence electrons. The van der Waals surface area contributed by atoms with Gasteiger partial charge in [-0.1, -0.05) is 36.7 Å². The van der Waals surface area contributed by atoms with Gasteiger partial charge < -0.3 is 5.32 Å². The van der Waals surface area contributed by atoms with Crippen LogP contribution in [-0.2, 0) is 13.5 Å². The summed E-state index contributed by atoms with van der Waals surface area (Å²) in [7, 11) is 1.84. The van der Waals surface area contributed by atoms with E-state index in [4.69, 9.17) is 0 Å². The first-order valence-corrected chi connectivity index (χ1v) is 8.00. The van der Waals surface area contributed by atoms with Crippen LogP contribution < -0.4 is 5.32 Å². The Morgan fingerprint density at radius 2 is 2.05 bits per heavy atom. The van der Waals surface area contributed by atoms with Crippen LogP contribution in [0.3, 0.4) is 0 Å². The van der Waals surface area contributed by atoms with Crippen molar-refractivity contribution < 1.29 is 4.79 Å². The predicted octanol–water partition coefficient (Wildman–Crippen LogP) is 2.91. The van der Waals surface area contributed by atoms with Crippen molar-refractivity contribution in [2.24, 2.45) is 12.5 Å². The summed E-state index contributed by atoms with van der Waals surface area (Å²) in [5.41, 5.74) is 1.70. The summed E-state index contributed by atoms with van der Waals surface area (Å²) < 4.78 is 1.70. The number of alkyl halides is 1. The standard InChI is InChI=1S/C14H24BrN3O/c1-5-12-11(8-18(4)17-12)13(19)16-10-14(6-2,7-3)9-15/h8H,5-7,9-10H2,1-4H3,(H,16,19). The fourth-order valence-corrected chi connectivity index (χ4v) is 3.08. The normalized spacial score (nSPS) is 11.6. The molecule has 0 aliphatic carbocycles. The van der Waals surface area contributed by atoms with Gasteiger partial charge in [-0.3, -0.25) is 9.48 Å². The van der Waals surface area contributed by atoms with E-state index in [0.29, 0.717) is 12.1 Å². The van der Waals surface area contributed by atoms with E-state index in [2.05, 4.69) is 40.2 Å². The van der Waals surface area contributed by atoms with Crippen LogP contribution in [-0.4, -0.2) is 27.6 Å². The Labute approximate surface area is 124 Å². The van der Waals surface area contributed by atoms with E-state index >= 15 is 0 Å². The third-order valence-corrected chi connectivity index (χ3v) is 5.08. The number of aryl methyl sites for hydroxylation is 2. The fraction of sp³-hybridized carbons (Fsp3) is 0.714. The van der Waals surface area contributed by atoms with Gasteiger partial charge in [-0.2, -0.15) is 5.10 Å². The average molecular weight is 330 g/mol. The highest BCUT2D eigenvalue weighted by Gasteiger charge is 2.26.